The topological polar surface area (TPSA) is 67.2 Å². The van der Waals surface area contributed by atoms with Gasteiger partial charge in [0, 0.05) is 11.4 Å². The molecular weight excluding hydrogens is 234 g/mol. The molecule has 0 saturated carbocycles. The lowest BCUT2D eigenvalue weighted by Gasteiger charge is -2.04. The number of thiophene rings is 1. The predicted molar refractivity (Wildman–Crippen MR) is 70.8 cm³/mol. The molecule has 0 fully saturated rings. The quantitative estimate of drug-likeness (QED) is 0.705. The Morgan fingerprint density at radius 2 is 2.29 bits per heavy atom. The van der Waals surface area contributed by atoms with Gasteiger partial charge in [0.1, 0.15) is 0 Å². The van der Waals surface area contributed by atoms with E-state index in [0.717, 1.165) is 16.2 Å². The van der Waals surface area contributed by atoms with Crippen LogP contribution in [-0.4, -0.2) is 19.1 Å². The zero-order valence-corrected chi connectivity index (χ0v) is 10.7. The van der Waals surface area contributed by atoms with Crippen LogP contribution in [0.25, 0.3) is 0 Å². The summed E-state index contributed by atoms with van der Waals surface area (Å²) in [6, 6.07) is 3.77. The Bertz CT molecular complexity index is 417. The number of rotatable bonds is 4. The summed E-state index contributed by atoms with van der Waals surface area (Å²) in [7, 11) is 0. The molecule has 0 bridgehead atoms. The summed E-state index contributed by atoms with van der Waals surface area (Å²) in [5.41, 5.74) is 5.29. The fraction of sp³-hybridized carbons (Fsp3) is 0.417. The maximum absolute atomic E-state index is 11.3. The maximum atomic E-state index is 11.3. The summed E-state index contributed by atoms with van der Waals surface area (Å²) in [4.78, 5) is 13.3. The third kappa shape index (κ3) is 5.38. The molecule has 0 spiro atoms. The number of amides is 2. The standard InChI is InChI=1S/C12H17N3OS/c1-2-8-14-12(16)15-9-11-6-5-10(17-11)4-3-7-13/h5-6H,2,7-9,13H2,1H3,(H2,14,15,16). The SMILES string of the molecule is CCCNC(=O)NCc1ccc(C#CCN)s1. The van der Waals surface area contributed by atoms with E-state index < -0.39 is 0 Å². The summed E-state index contributed by atoms with van der Waals surface area (Å²) in [6.45, 7) is 3.61. The first kappa shape index (κ1) is 13.6. The number of nitrogens with two attached hydrogens (primary N) is 1. The number of nitrogens with one attached hydrogen (secondary N) is 2. The molecule has 0 aliphatic heterocycles. The molecule has 1 aromatic heterocycles. The largest absolute Gasteiger partial charge is 0.338 e. The van der Waals surface area contributed by atoms with Crippen LogP contribution < -0.4 is 16.4 Å². The van der Waals surface area contributed by atoms with Gasteiger partial charge in [-0.25, -0.2) is 4.79 Å². The van der Waals surface area contributed by atoms with E-state index in [0.29, 0.717) is 19.6 Å². The van der Waals surface area contributed by atoms with Crippen LogP contribution in [0.3, 0.4) is 0 Å². The molecule has 0 saturated heterocycles. The Balaban J connectivity index is 2.36. The second-order valence-corrected chi connectivity index (χ2v) is 4.55. The van der Waals surface area contributed by atoms with Crippen molar-refractivity contribution in [2.45, 2.75) is 19.9 Å². The number of hydrogen-bond donors (Lipinski definition) is 3. The van der Waals surface area contributed by atoms with Crippen molar-refractivity contribution >= 4 is 17.4 Å². The van der Waals surface area contributed by atoms with Gasteiger partial charge in [-0.05, 0) is 18.6 Å². The van der Waals surface area contributed by atoms with Crippen molar-refractivity contribution in [1.29, 1.82) is 0 Å². The first-order valence-corrected chi connectivity index (χ1v) is 6.37. The summed E-state index contributed by atoms with van der Waals surface area (Å²) < 4.78 is 0. The molecule has 4 N–H and O–H groups in total. The number of carbonyl (C=O) groups is 1. The summed E-state index contributed by atoms with van der Waals surface area (Å²) in [5, 5.41) is 5.54. The van der Waals surface area contributed by atoms with E-state index in [-0.39, 0.29) is 6.03 Å². The minimum absolute atomic E-state index is 0.130. The molecule has 0 aliphatic carbocycles. The van der Waals surface area contributed by atoms with Crippen molar-refractivity contribution in [3.05, 3.63) is 21.9 Å². The van der Waals surface area contributed by atoms with E-state index in [1.54, 1.807) is 11.3 Å². The van der Waals surface area contributed by atoms with Crippen LogP contribution in [0.2, 0.25) is 0 Å². The Hall–Kier alpha value is -1.51. The molecule has 2 amide bonds. The highest BCUT2D eigenvalue weighted by Gasteiger charge is 2.01. The van der Waals surface area contributed by atoms with Gasteiger partial charge in [0.25, 0.3) is 0 Å². The molecule has 1 heterocycles. The third-order valence-electron chi connectivity index (χ3n) is 1.93. The molecule has 0 aliphatic rings. The molecule has 1 aromatic rings. The van der Waals surface area contributed by atoms with Crippen molar-refractivity contribution in [2.75, 3.05) is 13.1 Å². The molecule has 17 heavy (non-hydrogen) atoms. The van der Waals surface area contributed by atoms with Gasteiger partial charge in [-0.15, -0.1) is 11.3 Å². The third-order valence-corrected chi connectivity index (χ3v) is 2.93. The van der Waals surface area contributed by atoms with Crippen LogP contribution in [0, 0.1) is 11.8 Å². The highest BCUT2D eigenvalue weighted by Crippen LogP contribution is 2.14. The van der Waals surface area contributed by atoms with E-state index in [2.05, 4.69) is 22.5 Å². The van der Waals surface area contributed by atoms with Crippen molar-refractivity contribution in [2.24, 2.45) is 5.73 Å². The van der Waals surface area contributed by atoms with Gasteiger partial charge in [0.15, 0.2) is 0 Å². The van der Waals surface area contributed by atoms with Crippen LogP contribution in [0.1, 0.15) is 23.1 Å². The molecule has 1 rings (SSSR count). The maximum Gasteiger partial charge on any atom is 0.315 e. The Labute approximate surface area is 106 Å². The minimum Gasteiger partial charge on any atom is -0.338 e. The molecule has 92 valence electrons. The number of carbonyl (C=O) groups excluding carboxylic acids is 1. The van der Waals surface area contributed by atoms with Crippen molar-refractivity contribution in [1.82, 2.24) is 10.6 Å². The number of hydrogen-bond acceptors (Lipinski definition) is 3. The molecule has 0 unspecified atom stereocenters. The highest BCUT2D eigenvalue weighted by atomic mass is 32.1. The van der Waals surface area contributed by atoms with Crippen LogP contribution in [-0.2, 0) is 6.54 Å². The van der Waals surface area contributed by atoms with Gasteiger partial charge in [-0.3, -0.25) is 0 Å². The van der Waals surface area contributed by atoms with Crippen LogP contribution in [0.15, 0.2) is 12.1 Å². The average Bonchev–Trinajstić information content (AvgIpc) is 2.79. The lowest BCUT2D eigenvalue weighted by atomic mass is 10.4. The highest BCUT2D eigenvalue weighted by molar-refractivity contribution is 7.12. The van der Waals surface area contributed by atoms with Gasteiger partial charge in [-0.2, -0.15) is 0 Å². The summed E-state index contributed by atoms with van der Waals surface area (Å²) in [5.74, 6) is 5.76. The lowest BCUT2D eigenvalue weighted by molar-refractivity contribution is 0.240. The normalized spacial score (nSPS) is 9.29. The van der Waals surface area contributed by atoms with Crippen LogP contribution >= 0.6 is 11.3 Å². The Morgan fingerprint density at radius 3 is 3.00 bits per heavy atom. The Morgan fingerprint density at radius 1 is 1.47 bits per heavy atom. The van der Waals surface area contributed by atoms with Gasteiger partial charge in [0.05, 0.1) is 18.0 Å². The fourth-order valence-electron chi connectivity index (χ4n) is 1.15. The van der Waals surface area contributed by atoms with E-state index >= 15 is 0 Å². The Kier molecular flexibility index (Phi) is 6.15. The minimum atomic E-state index is -0.130. The van der Waals surface area contributed by atoms with Crippen molar-refractivity contribution in [3.63, 3.8) is 0 Å². The first-order valence-electron chi connectivity index (χ1n) is 5.55. The van der Waals surface area contributed by atoms with E-state index in [4.69, 9.17) is 5.73 Å². The molecule has 0 radical (unpaired) electrons. The molecule has 5 heteroatoms. The molecule has 4 nitrogen and oxygen atoms in total. The first-order chi connectivity index (χ1) is 8.26. The van der Waals surface area contributed by atoms with E-state index in [1.165, 1.54) is 0 Å². The van der Waals surface area contributed by atoms with Gasteiger partial charge >= 0.3 is 6.03 Å². The second kappa shape index (κ2) is 7.71. The van der Waals surface area contributed by atoms with Crippen molar-refractivity contribution < 1.29 is 4.79 Å². The van der Waals surface area contributed by atoms with Gasteiger partial charge in [-0.1, -0.05) is 18.8 Å². The van der Waals surface area contributed by atoms with Crippen LogP contribution in [0.5, 0.6) is 0 Å². The van der Waals surface area contributed by atoms with Crippen LogP contribution in [0.4, 0.5) is 4.79 Å². The van der Waals surface area contributed by atoms with E-state index in [9.17, 15) is 4.79 Å². The number of urea groups is 1. The molecular formula is C12H17N3OS. The lowest BCUT2D eigenvalue weighted by Crippen LogP contribution is -2.35. The predicted octanol–water partition coefficient (Wildman–Crippen LogP) is 1.27. The fourth-order valence-corrected chi connectivity index (χ4v) is 1.97. The molecule has 0 aromatic carbocycles. The summed E-state index contributed by atoms with van der Waals surface area (Å²) >= 11 is 1.57. The second-order valence-electron chi connectivity index (χ2n) is 3.38. The average molecular weight is 251 g/mol. The monoisotopic (exact) mass is 251 g/mol. The smallest absolute Gasteiger partial charge is 0.315 e. The van der Waals surface area contributed by atoms with E-state index in [1.807, 2.05) is 19.1 Å². The van der Waals surface area contributed by atoms with Crippen molar-refractivity contribution in [3.8, 4) is 11.8 Å². The van der Waals surface area contributed by atoms with Gasteiger partial charge in [0.2, 0.25) is 0 Å². The summed E-state index contributed by atoms with van der Waals surface area (Å²) in [6.07, 6.45) is 0.936. The van der Waals surface area contributed by atoms with Gasteiger partial charge < -0.3 is 16.4 Å². The zero-order valence-electron chi connectivity index (χ0n) is 9.88. The zero-order chi connectivity index (χ0) is 12.5. The molecule has 0 atom stereocenters.